The zero-order valence-electron chi connectivity index (χ0n) is 20.0. The molecule has 1 aliphatic carbocycles. The molecule has 0 atom stereocenters. The molecule has 1 aromatic heterocycles. The number of ether oxygens (including phenoxy) is 1. The fraction of sp³-hybridized carbons (Fsp3) is 0.583. The molecule has 0 bridgehead atoms. The van der Waals surface area contributed by atoms with E-state index in [1.54, 1.807) is 0 Å². The molecule has 0 aliphatic heterocycles. The van der Waals surface area contributed by atoms with Gasteiger partial charge in [0.2, 0.25) is 0 Å². The molecular weight excluding hydrogens is 509 g/mol. The summed E-state index contributed by atoms with van der Waals surface area (Å²) in [5.74, 6) is -0.416. The molecule has 2 aromatic rings. The molecule has 0 unspecified atom stereocenters. The number of rotatable bonds is 9. The molecule has 0 radical (unpaired) electrons. The van der Waals surface area contributed by atoms with Crippen molar-refractivity contribution in [2.24, 2.45) is 13.0 Å². The van der Waals surface area contributed by atoms with Crippen molar-refractivity contribution in [3.63, 3.8) is 0 Å². The molecule has 36 heavy (non-hydrogen) atoms. The van der Waals surface area contributed by atoms with E-state index in [-0.39, 0.29) is 47.1 Å². The Bertz CT molecular complexity index is 1070. The Balaban J connectivity index is 1.81. The molecule has 6 nitrogen and oxygen atoms in total. The summed E-state index contributed by atoms with van der Waals surface area (Å²) in [4.78, 5) is 12.8. The lowest BCUT2D eigenvalue weighted by atomic mass is 9.79. The maximum Gasteiger partial charge on any atom is 0.389 e. The highest BCUT2D eigenvalue weighted by atomic mass is 35.5. The lowest BCUT2D eigenvalue weighted by molar-refractivity contribution is -0.135. The Morgan fingerprint density at radius 3 is 2.61 bits per heavy atom. The highest BCUT2D eigenvalue weighted by Crippen LogP contribution is 2.38. The van der Waals surface area contributed by atoms with Gasteiger partial charge >= 0.3 is 12.8 Å². The van der Waals surface area contributed by atoms with Crippen LogP contribution in [0.15, 0.2) is 18.2 Å². The maximum atomic E-state index is 13.1. The number of hydrogen-bond acceptors (Lipinski definition) is 4. The number of amides is 1. The first kappa shape index (κ1) is 28.2. The molecule has 200 valence electrons. The van der Waals surface area contributed by atoms with Crippen LogP contribution in [0.3, 0.4) is 0 Å². The Morgan fingerprint density at radius 2 is 2.00 bits per heavy atom. The van der Waals surface area contributed by atoms with Crippen LogP contribution in [0.2, 0.25) is 5.02 Å². The molecule has 1 aliphatic rings. The van der Waals surface area contributed by atoms with Crippen LogP contribution in [-0.2, 0) is 13.5 Å². The average molecular weight is 538 g/mol. The van der Waals surface area contributed by atoms with Gasteiger partial charge in [0.1, 0.15) is 5.75 Å². The lowest BCUT2D eigenvalue weighted by Gasteiger charge is -2.34. The second kappa shape index (κ2) is 11.3. The lowest BCUT2D eigenvalue weighted by Crippen LogP contribution is -2.45. The fourth-order valence-electron chi connectivity index (χ4n) is 4.34. The van der Waals surface area contributed by atoms with Crippen molar-refractivity contribution >= 4 is 17.5 Å². The van der Waals surface area contributed by atoms with Gasteiger partial charge in [0, 0.05) is 25.6 Å². The van der Waals surface area contributed by atoms with Crippen molar-refractivity contribution in [3.8, 4) is 17.0 Å². The number of carbonyl (C=O) groups is 1. The summed E-state index contributed by atoms with van der Waals surface area (Å²) in [6.07, 6.45) is -2.71. The number of nitrogens with zero attached hydrogens (tertiary/aromatic N) is 2. The molecule has 1 heterocycles. The number of carbonyl (C=O) groups excluding carboxylic acids is 1. The average Bonchev–Trinajstić information content (AvgIpc) is 3.07. The van der Waals surface area contributed by atoms with Gasteiger partial charge in [-0.1, -0.05) is 24.6 Å². The second-order valence-corrected chi connectivity index (χ2v) is 9.78. The van der Waals surface area contributed by atoms with E-state index in [2.05, 4.69) is 22.1 Å². The third-order valence-corrected chi connectivity index (χ3v) is 6.79. The van der Waals surface area contributed by atoms with Crippen LogP contribution in [0, 0.1) is 5.92 Å². The van der Waals surface area contributed by atoms with E-state index in [1.165, 1.54) is 29.9 Å². The second-order valence-electron chi connectivity index (χ2n) is 9.40. The molecule has 2 N–H and O–H groups in total. The molecule has 1 amide bonds. The van der Waals surface area contributed by atoms with Crippen molar-refractivity contribution in [1.29, 1.82) is 0 Å². The largest absolute Gasteiger partial charge is 0.434 e. The van der Waals surface area contributed by atoms with Gasteiger partial charge in [-0.2, -0.15) is 27.1 Å². The third kappa shape index (κ3) is 7.32. The van der Waals surface area contributed by atoms with E-state index >= 15 is 0 Å². The van der Waals surface area contributed by atoms with Crippen molar-refractivity contribution in [2.45, 2.75) is 70.3 Å². The Labute approximate surface area is 210 Å². The Morgan fingerprint density at radius 1 is 1.33 bits per heavy atom. The molecule has 0 spiro atoms. The Hall–Kier alpha value is -2.40. The van der Waals surface area contributed by atoms with Crippen molar-refractivity contribution in [1.82, 2.24) is 15.1 Å². The molecule has 1 saturated carbocycles. The van der Waals surface area contributed by atoms with Crippen LogP contribution in [0.1, 0.15) is 61.5 Å². The summed E-state index contributed by atoms with van der Waals surface area (Å²) in [6.45, 7) is -1.07. The van der Waals surface area contributed by atoms with E-state index in [0.29, 0.717) is 24.3 Å². The number of nitrogens with one attached hydrogen (secondary N) is 1. The first-order chi connectivity index (χ1) is 16.8. The maximum absolute atomic E-state index is 13.1. The zero-order chi connectivity index (χ0) is 26.7. The summed E-state index contributed by atoms with van der Waals surface area (Å²) >= 11 is 6.44. The monoisotopic (exact) mass is 537 g/mol. The number of aryl methyl sites for hydroxylation is 2. The van der Waals surface area contributed by atoms with Crippen molar-refractivity contribution in [3.05, 3.63) is 34.5 Å². The predicted octanol–water partition coefficient (Wildman–Crippen LogP) is 5.90. The van der Waals surface area contributed by atoms with E-state index in [1.807, 2.05) is 0 Å². The van der Waals surface area contributed by atoms with Gasteiger partial charge < -0.3 is 15.2 Å². The zero-order valence-corrected chi connectivity index (χ0v) is 20.7. The molecular formula is C24H29ClF5N3O3. The fourth-order valence-corrected chi connectivity index (χ4v) is 4.69. The summed E-state index contributed by atoms with van der Waals surface area (Å²) in [6, 6.07) is 4.13. The normalized spacial score (nSPS) is 20.6. The van der Waals surface area contributed by atoms with E-state index in [4.69, 9.17) is 11.6 Å². The molecule has 12 heteroatoms. The van der Waals surface area contributed by atoms with Gasteiger partial charge in [0.25, 0.3) is 5.91 Å². The van der Waals surface area contributed by atoms with Crippen molar-refractivity contribution < 1.29 is 36.6 Å². The number of aliphatic hydroxyl groups is 1. The number of aromatic nitrogens is 2. The summed E-state index contributed by atoms with van der Waals surface area (Å²) < 4.78 is 69.5. The quantitative estimate of drug-likeness (QED) is 0.391. The van der Waals surface area contributed by atoms with Gasteiger partial charge in [-0.3, -0.25) is 9.48 Å². The predicted molar refractivity (Wildman–Crippen MR) is 124 cm³/mol. The van der Waals surface area contributed by atoms with Gasteiger partial charge in [0.05, 0.1) is 16.3 Å². The summed E-state index contributed by atoms with van der Waals surface area (Å²) in [5, 5.41) is 17.4. The van der Waals surface area contributed by atoms with Crippen LogP contribution in [-0.4, -0.2) is 45.7 Å². The SMILES string of the molecule is CC1CCC(O)(CNC(=O)c2nn(C)c(-c3ccc(CCCC(F)(F)F)cc3OC(F)F)c2Cl)CC1. The van der Waals surface area contributed by atoms with Gasteiger partial charge in [0.15, 0.2) is 5.69 Å². The minimum atomic E-state index is -4.31. The van der Waals surface area contributed by atoms with Crippen LogP contribution in [0.25, 0.3) is 11.3 Å². The minimum Gasteiger partial charge on any atom is -0.434 e. The molecule has 1 fully saturated rings. The van der Waals surface area contributed by atoms with Crippen LogP contribution < -0.4 is 10.1 Å². The smallest absolute Gasteiger partial charge is 0.389 e. The highest BCUT2D eigenvalue weighted by Gasteiger charge is 2.33. The van der Waals surface area contributed by atoms with Gasteiger partial charge in [-0.15, -0.1) is 0 Å². The van der Waals surface area contributed by atoms with E-state index in [0.717, 1.165) is 12.8 Å². The number of alkyl halides is 5. The first-order valence-electron chi connectivity index (χ1n) is 11.7. The number of hydrogen-bond donors (Lipinski definition) is 2. The van der Waals surface area contributed by atoms with E-state index < -0.39 is 30.7 Å². The van der Waals surface area contributed by atoms with Crippen LogP contribution >= 0.6 is 11.6 Å². The third-order valence-electron chi connectivity index (χ3n) is 6.43. The van der Waals surface area contributed by atoms with Gasteiger partial charge in [-0.25, -0.2) is 0 Å². The molecule has 0 saturated heterocycles. The molecule has 3 rings (SSSR count). The summed E-state index contributed by atoms with van der Waals surface area (Å²) in [7, 11) is 1.47. The van der Waals surface area contributed by atoms with Crippen molar-refractivity contribution in [2.75, 3.05) is 6.54 Å². The van der Waals surface area contributed by atoms with E-state index in [9.17, 15) is 31.9 Å². The standard InChI is InChI=1S/C24H29ClF5N3O3/c1-14-7-10-23(35,11-8-14)13-31-21(34)19-18(25)20(33(2)32-19)16-6-5-15(4-3-9-24(28,29)30)12-17(16)36-22(26)27/h5-6,12,14,22,35H,3-4,7-11,13H2,1-2H3,(H,31,34). The minimum absolute atomic E-state index is 0.00779. The number of benzene rings is 1. The van der Waals surface area contributed by atoms with Crippen LogP contribution in [0.4, 0.5) is 22.0 Å². The topological polar surface area (TPSA) is 76.4 Å². The summed E-state index contributed by atoms with van der Waals surface area (Å²) in [5.41, 5.74) is -0.561. The van der Waals surface area contributed by atoms with Gasteiger partial charge in [-0.05, 0) is 62.1 Å². The van der Waals surface area contributed by atoms with Crippen LogP contribution in [0.5, 0.6) is 5.75 Å². The highest BCUT2D eigenvalue weighted by molar-refractivity contribution is 6.36. The number of halogens is 6. The molecule has 1 aromatic carbocycles. The Kier molecular flexibility index (Phi) is 8.87. The first-order valence-corrected chi connectivity index (χ1v) is 12.0.